The number of anilines is 1. The monoisotopic (exact) mass is 504 g/mol. The Morgan fingerprint density at radius 1 is 0.974 bits per heavy atom. The molecule has 1 unspecified atom stereocenters. The first-order valence-electron chi connectivity index (χ1n) is 12.7. The van der Waals surface area contributed by atoms with E-state index in [9.17, 15) is 14.0 Å². The Morgan fingerprint density at radius 2 is 1.71 bits per heavy atom. The number of carbonyl (C=O) groups excluding carboxylic acids is 2. The quantitative estimate of drug-likeness (QED) is 0.228. The Hall–Kier alpha value is -4.84. The molecule has 5 aromatic rings. The summed E-state index contributed by atoms with van der Waals surface area (Å²) in [6.07, 6.45) is 4.65. The van der Waals surface area contributed by atoms with E-state index in [2.05, 4.69) is 11.2 Å². The minimum Gasteiger partial charge on any atom is -0.304 e. The number of allylic oxidation sites excluding steroid dienone is 1. The molecule has 6 heteroatoms. The number of nitrogens with zero attached hydrogens (tertiary/aromatic N) is 3. The molecule has 5 rings (SSSR count). The molecule has 188 valence electrons. The van der Waals surface area contributed by atoms with Crippen molar-refractivity contribution in [3.8, 4) is 11.1 Å². The largest absolute Gasteiger partial charge is 0.304 e. The van der Waals surface area contributed by atoms with Crippen LogP contribution in [-0.4, -0.2) is 21.5 Å². The van der Waals surface area contributed by atoms with Crippen LogP contribution in [0.4, 0.5) is 10.1 Å². The molecule has 0 N–H and O–H groups in total. The van der Waals surface area contributed by atoms with Crippen LogP contribution in [0.25, 0.3) is 28.1 Å². The number of benzene rings is 4. The molecule has 0 aliphatic heterocycles. The molecule has 0 aliphatic rings. The molecule has 0 bridgehead atoms. The highest BCUT2D eigenvalue weighted by Crippen LogP contribution is 2.27. The number of fused-ring (bicyclic) bond motifs is 1. The van der Waals surface area contributed by atoms with E-state index >= 15 is 0 Å². The molecule has 0 fully saturated rings. The number of rotatable bonds is 7. The Bertz CT molecular complexity index is 1690. The van der Waals surface area contributed by atoms with Gasteiger partial charge in [0.05, 0.1) is 19.6 Å². The van der Waals surface area contributed by atoms with E-state index in [-0.39, 0.29) is 11.5 Å². The van der Waals surface area contributed by atoms with Gasteiger partial charge in [0.2, 0.25) is 0 Å². The van der Waals surface area contributed by atoms with Gasteiger partial charge in [-0.3, -0.25) is 14.3 Å². The lowest BCUT2D eigenvalue weighted by Gasteiger charge is -2.24. The van der Waals surface area contributed by atoms with E-state index in [4.69, 9.17) is 1.37 Å². The van der Waals surface area contributed by atoms with Gasteiger partial charge in [-0.2, -0.15) is 5.10 Å². The third-order valence-electron chi connectivity index (χ3n) is 6.20. The first-order chi connectivity index (χ1) is 18.8. The summed E-state index contributed by atoms with van der Waals surface area (Å²) >= 11 is 0. The zero-order valence-corrected chi connectivity index (χ0v) is 21.0. The third-order valence-corrected chi connectivity index (χ3v) is 6.20. The molecular formula is C32H26FN3O2. The molecule has 0 aliphatic carbocycles. The van der Waals surface area contributed by atoms with Gasteiger partial charge in [0.15, 0.2) is 5.78 Å². The van der Waals surface area contributed by atoms with Gasteiger partial charge in [-0.25, -0.2) is 4.39 Å². The summed E-state index contributed by atoms with van der Waals surface area (Å²) in [6, 6.07) is 26.2. The van der Waals surface area contributed by atoms with Crippen molar-refractivity contribution >= 4 is 34.4 Å². The number of halogens is 1. The van der Waals surface area contributed by atoms with Gasteiger partial charge >= 0.3 is 0 Å². The van der Waals surface area contributed by atoms with Crippen LogP contribution < -0.4 is 4.90 Å². The second kappa shape index (κ2) is 10.6. The summed E-state index contributed by atoms with van der Waals surface area (Å²) in [5, 5.41) is 5.32. The molecule has 38 heavy (non-hydrogen) atoms. The summed E-state index contributed by atoms with van der Waals surface area (Å²) in [5.74, 6) is -1.19. The SMILES string of the molecule is [2H]C(c1ccc(-c2ccc3c(cnn3C)c2)cc1)N(C(=O)c1ccccc1)c1cc(F)cc(/C=C/C(C)=O)c1. The van der Waals surface area contributed by atoms with Crippen molar-refractivity contribution in [2.75, 3.05) is 4.90 Å². The first kappa shape index (κ1) is 23.6. The van der Waals surface area contributed by atoms with Crippen LogP contribution in [0.1, 0.15) is 29.8 Å². The fraction of sp³-hybridized carbons (Fsp3) is 0.0938. The number of ketones is 1. The van der Waals surface area contributed by atoms with Gasteiger partial charge in [-0.05, 0) is 77.7 Å². The Balaban J connectivity index is 1.52. The molecule has 5 nitrogen and oxygen atoms in total. The molecular weight excluding hydrogens is 477 g/mol. The molecule has 1 aromatic heterocycles. The van der Waals surface area contributed by atoms with Crippen molar-refractivity contribution < 1.29 is 15.4 Å². The normalized spacial score (nSPS) is 12.4. The lowest BCUT2D eigenvalue weighted by Crippen LogP contribution is -2.30. The molecule has 0 saturated heterocycles. The molecule has 1 atom stereocenters. The second-order valence-corrected chi connectivity index (χ2v) is 9.02. The number of aryl methyl sites for hydroxylation is 1. The molecule has 1 heterocycles. The average Bonchev–Trinajstić information content (AvgIpc) is 3.32. The molecule has 1 amide bonds. The smallest absolute Gasteiger partial charge is 0.258 e. The van der Waals surface area contributed by atoms with E-state index in [0.717, 1.165) is 22.0 Å². The Labute approximate surface area is 221 Å². The summed E-state index contributed by atoms with van der Waals surface area (Å²) in [4.78, 5) is 26.4. The molecule has 4 aromatic carbocycles. The summed E-state index contributed by atoms with van der Waals surface area (Å²) in [7, 11) is 1.90. The van der Waals surface area contributed by atoms with Gasteiger partial charge < -0.3 is 4.90 Å². The van der Waals surface area contributed by atoms with Gasteiger partial charge in [-0.15, -0.1) is 0 Å². The van der Waals surface area contributed by atoms with Gasteiger partial charge in [-0.1, -0.05) is 54.6 Å². The Morgan fingerprint density at radius 3 is 2.45 bits per heavy atom. The van der Waals surface area contributed by atoms with E-state index in [1.165, 1.54) is 36.1 Å². The highest BCUT2D eigenvalue weighted by molar-refractivity contribution is 6.06. The van der Waals surface area contributed by atoms with Crippen LogP contribution in [0.3, 0.4) is 0 Å². The number of aromatic nitrogens is 2. The number of hydrogen-bond donors (Lipinski definition) is 0. The van der Waals surface area contributed by atoms with Gasteiger partial charge in [0, 0.05) is 23.7 Å². The molecule has 0 saturated carbocycles. The number of carbonyl (C=O) groups is 2. The lowest BCUT2D eigenvalue weighted by molar-refractivity contribution is -0.112. The van der Waals surface area contributed by atoms with E-state index in [1.54, 1.807) is 36.4 Å². The minimum atomic E-state index is -1.15. The maximum atomic E-state index is 14.7. The van der Waals surface area contributed by atoms with E-state index in [1.807, 2.05) is 54.3 Å². The first-order valence-corrected chi connectivity index (χ1v) is 12.1. The van der Waals surface area contributed by atoms with E-state index < -0.39 is 18.2 Å². The predicted octanol–water partition coefficient (Wildman–Crippen LogP) is 6.83. The van der Waals surface area contributed by atoms with Crippen molar-refractivity contribution in [3.63, 3.8) is 0 Å². The van der Waals surface area contributed by atoms with Crippen LogP contribution >= 0.6 is 0 Å². The van der Waals surface area contributed by atoms with Crippen LogP contribution in [0.2, 0.25) is 0 Å². The van der Waals surface area contributed by atoms with E-state index in [0.29, 0.717) is 16.7 Å². The average molecular weight is 505 g/mol. The van der Waals surface area contributed by atoms with Crippen molar-refractivity contribution in [1.29, 1.82) is 0 Å². The molecule has 0 spiro atoms. The fourth-order valence-electron chi connectivity index (χ4n) is 4.27. The minimum absolute atomic E-state index is 0.181. The fourth-order valence-corrected chi connectivity index (χ4v) is 4.27. The van der Waals surface area contributed by atoms with Crippen molar-refractivity contribution in [2.24, 2.45) is 7.05 Å². The highest BCUT2D eigenvalue weighted by Gasteiger charge is 2.19. The van der Waals surface area contributed by atoms with Crippen molar-refractivity contribution in [1.82, 2.24) is 9.78 Å². The summed E-state index contributed by atoms with van der Waals surface area (Å²) < 4.78 is 25.6. The Kier molecular flexibility index (Phi) is 6.60. The lowest BCUT2D eigenvalue weighted by atomic mass is 10.0. The van der Waals surface area contributed by atoms with Crippen LogP contribution in [0, 0.1) is 5.82 Å². The maximum Gasteiger partial charge on any atom is 0.258 e. The maximum absolute atomic E-state index is 14.7. The third kappa shape index (κ3) is 5.44. The predicted molar refractivity (Wildman–Crippen MR) is 149 cm³/mol. The summed E-state index contributed by atoms with van der Waals surface area (Å²) in [5.41, 5.74) is 4.58. The topological polar surface area (TPSA) is 55.2 Å². The zero-order valence-electron chi connectivity index (χ0n) is 22.0. The van der Waals surface area contributed by atoms with Gasteiger partial charge in [0.25, 0.3) is 5.91 Å². The zero-order chi connectivity index (χ0) is 27.5. The van der Waals surface area contributed by atoms with Crippen LogP contribution in [0.5, 0.6) is 0 Å². The summed E-state index contributed by atoms with van der Waals surface area (Å²) in [6.45, 7) is 0.249. The standard InChI is InChI=1S/C32H26FN3O2/c1-22(37)8-9-24-16-29(33)19-30(17-24)36(32(38)26-6-4-3-5-7-26)21-23-10-12-25(13-11-23)27-14-15-31-28(18-27)20-34-35(31)2/h3-20H,21H2,1-2H3/b9-8+/i21D. The van der Waals surface area contributed by atoms with Crippen molar-refractivity contribution in [3.05, 3.63) is 126 Å². The number of amides is 1. The van der Waals surface area contributed by atoms with Crippen molar-refractivity contribution in [2.45, 2.75) is 13.4 Å². The highest BCUT2D eigenvalue weighted by atomic mass is 19.1. The second-order valence-electron chi connectivity index (χ2n) is 9.02. The number of hydrogen-bond acceptors (Lipinski definition) is 3. The van der Waals surface area contributed by atoms with Crippen LogP contribution in [0.15, 0.2) is 103 Å². The van der Waals surface area contributed by atoms with Gasteiger partial charge in [0.1, 0.15) is 5.82 Å². The van der Waals surface area contributed by atoms with Crippen LogP contribution in [-0.2, 0) is 18.4 Å². The molecule has 0 radical (unpaired) electrons.